The molecule has 0 aliphatic heterocycles. The van der Waals surface area contributed by atoms with Gasteiger partial charge in [0.15, 0.2) is 0 Å². The highest BCUT2D eigenvalue weighted by Crippen LogP contribution is 2.38. The van der Waals surface area contributed by atoms with Gasteiger partial charge in [0.25, 0.3) is 0 Å². The lowest BCUT2D eigenvalue weighted by molar-refractivity contribution is -0.141. The maximum Gasteiger partial charge on any atom is 0.249 e. The number of ether oxygens (including phenoxy) is 1. The predicted molar refractivity (Wildman–Crippen MR) is 98.7 cm³/mol. The van der Waals surface area contributed by atoms with Crippen LogP contribution in [0.1, 0.15) is 64.0 Å². The summed E-state index contributed by atoms with van der Waals surface area (Å²) in [6.07, 6.45) is 5.38. The van der Waals surface area contributed by atoms with E-state index >= 15 is 0 Å². The molecule has 5 heteroatoms. The van der Waals surface area contributed by atoms with Crippen molar-refractivity contribution < 1.29 is 13.9 Å². The number of halogens is 1. The molecule has 0 radical (unpaired) electrons. The van der Waals surface area contributed by atoms with Crippen LogP contribution in [0.5, 0.6) is 0 Å². The summed E-state index contributed by atoms with van der Waals surface area (Å²) in [6.45, 7) is 4.06. The second-order valence-corrected chi connectivity index (χ2v) is 7.50. The quantitative estimate of drug-likeness (QED) is 0.693. The number of benzene rings is 1. The molecule has 0 spiro atoms. The van der Waals surface area contributed by atoms with E-state index < -0.39 is 6.10 Å². The van der Waals surface area contributed by atoms with Crippen molar-refractivity contribution in [3.8, 4) is 6.07 Å². The van der Waals surface area contributed by atoms with Crippen LogP contribution < -0.4 is 5.32 Å². The molecule has 26 heavy (non-hydrogen) atoms. The van der Waals surface area contributed by atoms with E-state index in [9.17, 15) is 9.18 Å². The third kappa shape index (κ3) is 6.10. The smallest absolute Gasteiger partial charge is 0.249 e. The Balaban J connectivity index is 2.21. The molecule has 142 valence electrons. The zero-order valence-electron chi connectivity index (χ0n) is 15.7. The molecule has 1 aromatic rings. The number of nitriles is 1. The van der Waals surface area contributed by atoms with Gasteiger partial charge in [-0.25, -0.2) is 4.39 Å². The average molecular weight is 360 g/mol. The molecule has 1 aliphatic carbocycles. The van der Waals surface area contributed by atoms with Gasteiger partial charge in [0.2, 0.25) is 5.91 Å². The molecule has 1 aromatic carbocycles. The number of carbonyl (C=O) groups is 1. The monoisotopic (exact) mass is 360 g/mol. The molecule has 1 aliphatic rings. The fourth-order valence-corrected chi connectivity index (χ4v) is 3.62. The minimum absolute atomic E-state index is 0.0264. The highest BCUT2D eigenvalue weighted by molar-refractivity contribution is 5.81. The standard InChI is InChI=1S/C21H29FN2O2/c1-15(2)14-19(21(25)24-13-12-23)26-20(16-6-4-3-5-7-16)17-8-10-18(22)11-9-17/h8-11,15-16,19-20H,3-7,13-14H2,1-2H3,(H,24,25)/t19-,20?/m0/s1. The summed E-state index contributed by atoms with van der Waals surface area (Å²) in [6, 6.07) is 8.34. The maximum atomic E-state index is 13.4. The third-order valence-corrected chi connectivity index (χ3v) is 4.91. The van der Waals surface area contributed by atoms with Crippen LogP contribution in [0.4, 0.5) is 4.39 Å². The van der Waals surface area contributed by atoms with Gasteiger partial charge in [-0.15, -0.1) is 0 Å². The van der Waals surface area contributed by atoms with Gasteiger partial charge in [-0.3, -0.25) is 4.79 Å². The summed E-state index contributed by atoms with van der Waals surface area (Å²) in [5, 5.41) is 11.3. The SMILES string of the molecule is CC(C)C[C@H](OC(c1ccc(F)cc1)C1CCCCC1)C(=O)NCC#N. The lowest BCUT2D eigenvalue weighted by Crippen LogP contribution is -2.39. The Labute approximate surface area is 155 Å². The van der Waals surface area contributed by atoms with E-state index in [0.717, 1.165) is 31.2 Å². The highest BCUT2D eigenvalue weighted by atomic mass is 19.1. The van der Waals surface area contributed by atoms with E-state index in [0.29, 0.717) is 12.3 Å². The molecule has 1 unspecified atom stereocenters. The Kier molecular flexibility index (Phi) is 8.06. The van der Waals surface area contributed by atoms with Crippen molar-refractivity contribution in [2.75, 3.05) is 6.54 Å². The summed E-state index contributed by atoms with van der Waals surface area (Å²) in [5.41, 5.74) is 0.917. The van der Waals surface area contributed by atoms with Gasteiger partial charge in [-0.1, -0.05) is 45.2 Å². The van der Waals surface area contributed by atoms with Crippen molar-refractivity contribution in [3.05, 3.63) is 35.6 Å². The minimum atomic E-state index is -0.611. The topological polar surface area (TPSA) is 62.1 Å². The van der Waals surface area contributed by atoms with Gasteiger partial charge >= 0.3 is 0 Å². The summed E-state index contributed by atoms with van der Waals surface area (Å²) in [7, 11) is 0. The van der Waals surface area contributed by atoms with Crippen LogP contribution in [-0.2, 0) is 9.53 Å². The highest BCUT2D eigenvalue weighted by Gasteiger charge is 2.31. The van der Waals surface area contributed by atoms with Gasteiger partial charge in [0.05, 0.1) is 12.2 Å². The van der Waals surface area contributed by atoms with Crippen molar-refractivity contribution >= 4 is 5.91 Å². The second-order valence-electron chi connectivity index (χ2n) is 7.50. The Bertz CT molecular complexity index is 603. The van der Waals surface area contributed by atoms with E-state index in [1.54, 1.807) is 12.1 Å². The number of carbonyl (C=O) groups excluding carboxylic acids is 1. The molecule has 0 bridgehead atoms. The number of hydrogen-bond donors (Lipinski definition) is 1. The van der Waals surface area contributed by atoms with Gasteiger partial charge < -0.3 is 10.1 Å². The van der Waals surface area contributed by atoms with Crippen molar-refractivity contribution in [1.82, 2.24) is 5.32 Å². The first-order valence-corrected chi connectivity index (χ1v) is 9.56. The fourth-order valence-electron chi connectivity index (χ4n) is 3.62. The first kappa shape index (κ1) is 20.4. The van der Waals surface area contributed by atoms with Crippen LogP contribution in [-0.4, -0.2) is 18.6 Å². The van der Waals surface area contributed by atoms with E-state index in [1.165, 1.54) is 18.6 Å². The zero-order chi connectivity index (χ0) is 18.9. The van der Waals surface area contributed by atoms with Crippen molar-refractivity contribution in [2.24, 2.45) is 11.8 Å². The Morgan fingerprint density at radius 3 is 2.50 bits per heavy atom. The number of nitrogens with one attached hydrogen (secondary N) is 1. The van der Waals surface area contributed by atoms with Crippen molar-refractivity contribution in [1.29, 1.82) is 5.26 Å². The average Bonchev–Trinajstić information content (AvgIpc) is 2.64. The molecule has 2 atom stereocenters. The Morgan fingerprint density at radius 2 is 1.92 bits per heavy atom. The minimum Gasteiger partial charge on any atom is -0.360 e. The van der Waals surface area contributed by atoms with Crippen molar-refractivity contribution in [2.45, 2.75) is 64.6 Å². The summed E-state index contributed by atoms with van der Waals surface area (Å²) < 4.78 is 19.7. The number of nitrogens with zero attached hydrogens (tertiary/aromatic N) is 1. The van der Waals surface area contributed by atoms with Crippen LogP contribution >= 0.6 is 0 Å². The van der Waals surface area contributed by atoms with Crippen LogP contribution in [0, 0.1) is 29.0 Å². The first-order chi connectivity index (χ1) is 12.5. The Morgan fingerprint density at radius 1 is 1.27 bits per heavy atom. The Hall–Kier alpha value is -1.93. The van der Waals surface area contributed by atoms with Gasteiger partial charge in [0.1, 0.15) is 18.5 Å². The summed E-state index contributed by atoms with van der Waals surface area (Å²) >= 11 is 0. The maximum absolute atomic E-state index is 13.4. The molecule has 0 heterocycles. The third-order valence-electron chi connectivity index (χ3n) is 4.91. The van der Waals surface area contributed by atoms with Gasteiger partial charge in [-0.2, -0.15) is 5.26 Å². The normalized spacial score (nSPS) is 17.5. The van der Waals surface area contributed by atoms with E-state index in [4.69, 9.17) is 10.00 Å². The number of rotatable bonds is 8. The molecule has 4 nitrogen and oxygen atoms in total. The molecular formula is C21H29FN2O2. The zero-order valence-corrected chi connectivity index (χ0v) is 15.7. The van der Waals surface area contributed by atoms with E-state index in [1.807, 2.05) is 19.9 Å². The van der Waals surface area contributed by atoms with Crippen LogP contribution in [0.3, 0.4) is 0 Å². The number of amides is 1. The molecule has 1 fully saturated rings. The van der Waals surface area contributed by atoms with E-state index in [-0.39, 0.29) is 30.3 Å². The molecule has 1 N–H and O–H groups in total. The second kappa shape index (κ2) is 10.3. The molecule has 0 saturated heterocycles. The van der Waals surface area contributed by atoms with Crippen molar-refractivity contribution in [3.63, 3.8) is 0 Å². The molecule has 0 aromatic heterocycles. The predicted octanol–water partition coefficient (Wildman–Crippen LogP) is 4.52. The van der Waals surface area contributed by atoms with Gasteiger partial charge in [-0.05, 0) is 48.8 Å². The molecule has 1 saturated carbocycles. The van der Waals surface area contributed by atoms with Crippen LogP contribution in [0.15, 0.2) is 24.3 Å². The van der Waals surface area contributed by atoms with Crippen LogP contribution in [0.2, 0.25) is 0 Å². The summed E-state index contributed by atoms with van der Waals surface area (Å²) in [5.74, 6) is 0.0884. The van der Waals surface area contributed by atoms with Crippen LogP contribution in [0.25, 0.3) is 0 Å². The first-order valence-electron chi connectivity index (χ1n) is 9.56. The molecule has 1 amide bonds. The van der Waals surface area contributed by atoms with E-state index in [2.05, 4.69) is 5.32 Å². The largest absolute Gasteiger partial charge is 0.360 e. The lowest BCUT2D eigenvalue weighted by atomic mass is 9.82. The molecular weight excluding hydrogens is 331 g/mol. The summed E-state index contributed by atoms with van der Waals surface area (Å²) in [4.78, 5) is 12.5. The number of hydrogen-bond acceptors (Lipinski definition) is 3. The fraction of sp³-hybridized carbons (Fsp3) is 0.619. The molecule has 2 rings (SSSR count). The lowest BCUT2D eigenvalue weighted by Gasteiger charge is -2.33. The van der Waals surface area contributed by atoms with Gasteiger partial charge in [0, 0.05) is 0 Å².